The molecule has 2 aliphatic heterocycles. The van der Waals surface area contributed by atoms with Gasteiger partial charge in [-0.3, -0.25) is 9.36 Å². The summed E-state index contributed by atoms with van der Waals surface area (Å²) in [5, 5.41) is 1.76. The van der Waals surface area contributed by atoms with Crippen molar-refractivity contribution in [3.63, 3.8) is 0 Å². The largest absolute Gasteiger partial charge is 0.465 e. The molecule has 2 aromatic carbocycles. The van der Waals surface area contributed by atoms with Gasteiger partial charge in [0.15, 0.2) is 0 Å². The van der Waals surface area contributed by atoms with Gasteiger partial charge in [0.1, 0.15) is 0 Å². The molecule has 120 valence electrons. The Morgan fingerprint density at radius 1 is 1.25 bits per heavy atom. The number of fused-ring (bicyclic) bond motifs is 3. The molecule has 0 aliphatic carbocycles. The first-order chi connectivity index (χ1) is 11.7. The molecule has 0 saturated heterocycles. The summed E-state index contributed by atoms with van der Waals surface area (Å²) in [6.45, 7) is 1.28. The van der Waals surface area contributed by atoms with Crippen LogP contribution >= 0.6 is 0 Å². The fourth-order valence-corrected chi connectivity index (χ4v) is 4.24. The van der Waals surface area contributed by atoms with Crippen LogP contribution in [0.4, 0.5) is 5.69 Å². The molecular formula is C19H16N2O3. The van der Waals surface area contributed by atoms with Crippen LogP contribution in [-0.4, -0.2) is 36.6 Å². The molecule has 0 radical (unpaired) electrons. The average molecular weight is 320 g/mol. The minimum Gasteiger partial charge on any atom is -0.465 e. The van der Waals surface area contributed by atoms with E-state index in [1.807, 2.05) is 30.3 Å². The highest BCUT2D eigenvalue weighted by atomic mass is 16.5. The Kier molecular flexibility index (Phi) is 2.61. The summed E-state index contributed by atoms with van der Waals surface area (Å²) < 4.78 is 6.81. The van der Waals surface area contributed by atoms with Crippen molar-refractivity contribution in [2.45, 2.75) is 12.8 Å². The maximum atomic E-state index is 12.8. The summed E-state index contributed by atoms with van der Waals surface area (Å²) in [5.41, 5.74) is 4.52. The second kappa shape index (κ2) is 4.60. The predicted molar refractivity (Wildman–Crippen MR) is 91.9 cm³/mol. The molecule has 0 bridgehead atoms. The Bertz CT molecular complexity index is 1050. The number of nitrogens with zero attached hydrogens (tertiary/aromatic N) is 2. The fraction of sp³-hybridized carbons (Fsp3) is 0.263. The van der Waals surface area contributed by atoms with Crippen LogP contribution < -0.4 is 4.90 Å². The first kappa shape index (κ1) is 13.6. The van der Waals surface area contributed by atoms with Crippen LogP contribution in [0.1, 0.15) is 27.1 Å². The van der Waals surface area contributed by atoms with E-state index in [1.54, 1.807) is 4.57 Å². The van der Waals surface area contributed by atoms with Crippen molar-refractivity contribution in [3.05, 3.63) is 41.5 Å². The molecule has 5 nitrogen and oxygen atoms in total. The molecular weight excluding hydrogens is 304 g/mol. The SMILES string of the molecule is COC(=O)c1cc2c3c4c1c1ccccc1n4C(=O)CN3CCC2. The Morgan fingerprint density at radius 2 is 2.08 bits per heavy atom. The number of rotatable bonds is 1. The molecule has 1 aromatic heterocycles. The zero-order valence-electron chi connectivity index (χ0n) is 13.3. The zero-order valence-corrected chi connectivity index (χ0v) is 13.3. The van der Waals surface area contributed by atoms with E-state index in [-0.39, 0.29) is 11.9 Å². The lowest BCUT2D eigenvalue weighted by atomic mass is 9.94. The molecule has 0 unspecified atom stereocenters. The average Bonchev–Trinajstić information content (AvgIpc) is 2.96. The molecule has 0 saturated carbocycles. The van der Waals surface area contributed by atoms with Gasteiger partial charge in [-0.2, -0.15) is 0 Å². The number of methoxy groups -OCH3 is 1. The van der Waals surface area contributed by atoms with E-state index in [0.29, 0.717) is 12.1 Å². The first-order valence-electron chi connectivity index (χ1n) is 8.16. The predicted octanol–water partition coefficient (Wildman–Crippen LogP) is 2.99. The van der Waals surface area contributed by atoms with Crippen molar-refractivity contribution >= 4 is 39.4 Å². The summed E-state index contributed by atoms with van der Waals surface area (Å²) >= 11 is 0. The van der Waals surface area contributed by atoms with Crippen molar-refractivity contribution in [2.24, 2.45) is 0 Å². The number of anilines is 1. The lowest BCUT2D eigenvalue weighted by Gasteiger charge is -2.35. The lowest BCUT2D eigenvalue weighted by Crippen LogP contribution is -2.40. The highest BCUT2D eigenvalue weighted by Crippen LogP contribution is 2.44. The molecule has 24 heavy (non-hydrogen) atoms. The number of hydrogen-bond donors (Lipinski definition) is 0. The van der Waals surface area contributed by atoms with E-state index in [0.717, 1.165) is 52.4 Å². The lowest BCUT2D eigenvalue weighted by molar-refractivity contribution is 0.0602. The molecule has 0 fully saturated rings. The zero-order chi connectivity index (χ0) is 16.4. The third-order valence-electron chi connectivity index (χ3n) is 5.16. The normalized spacial score (nSPS) is 16.0. The molecule has 3 aromatic rings. The van der Waals surface area contributed by atoms with Crippen LogP contribution in [0.2, 0.25) is 0 Å². The number of aryl methyl sites for hydroxylation is 1. The van der Waals surface area contributed by atoms with E-state index in [1.165, 1.54) is 7.11 Å². The molecule has 0 amide bonds. The Labute approximate surface area is 138 Å². The number of aromatic nitrogens is 1. The van der Waals surface area contributed by atoms with Gasteiger partial charge in [0.2, 0.25) is 0 Å². The second-order valence-electron chi connectivity index (χ2n) is 6.42. The van der Waals surface area contributed by atoms with Crippen molar-refractivity contribution in [2.75, 3.05) is 25.1 Å². The monoisotopic (exact) mass is 320 g/mol. The fourth-order valence-electron chi connectivity index (χ4n) is 4.24. The highest BCUT2D eigenvalue weighted by Gasteiger charge is 2.34. The van der Waals surface area contributed by atoms with Gasteiger partial charge in [-0.1, -0.05) is 18.2 Å². The van der Waals surface area contributed by atoms with Gasteiger partial charge >= 0.3 is 5.97 Å². The summed E-state index contributed by atoms with van der Waals surface area (Å²) in [4.78, 5) is 27.4. The third kappa shape index (κ3) is 1.54. The summed E-state index contributed by atoms with van der Waals surface area (Å²) in [5.74, 6) is -0.292. The van der Waals surface area contributed by atoms with Crippen LogP contribution in [0.3, 0.4) is 0 Å². The number of carbonyl (C=O) groups is 2. The molecule has 0 N–H and O–H groups in total. The molecule has 0 atom stereocenters. The van der Waals surface area contributed by atoms with E-state index in [4.69, 9.17) is 4.74 Å². The van der Waals surface area contributed by atoms with Crippen LogP contribution in [0.25, 0.3) is 21.8 Å². The Morgan fingerprint density at radius 3 is 2.92 bits per heavy atom. The Hall–Kier alpha value is -2.82. The number of ether oxygens (including phenoxy) is 1. The van der Waals surface area contributed by atoms with Crippen molar-refractivity contribution in [1.29, 1.82) is 0 Å². The van der Waals surface area contributed by atoms with E-state index >= 15 is 0 Å². The topological polar surface area (TPSA) is 51.5 Å². The third-order valence-corrected chi connectivity index (χ3v) is 5.16. The number of benzene rings is 2. The molecule has 2 aliphatic rings. The minimum atomic E-state index is -0.351. The smallest absolute Gasteiger partial charge is 0.338 e. The summed E-state index contributed by atoms with van der Waals surface area (Å²) in [6.07, 6.45) is 1.91. The number of para-hydroxylation sites is 1. The first-order valence-corrected chi connectivity index (χ1v) is 8.16. The maximum Gasteiger partial charge on any atom is 0.338 e. The van der Waals surface area contributed by atoms with E-state index < -0.39 is 0 Å². The molecule has 5 rings (SSSR count). The van der Waals surface area contributed by atoms with Crippen molar-refractivity contribution < 1.29 is 14.3 Å². The van der Waals surface area contributed by atoms with E-state index in [9.17, 15) is 9.59 Å². The van der Waals surface area contributed by atoms with Crippen LogP contribution in [0.5, 0.6) is 0 Å². The van der Waals surface area contributed by atoms with Gasteiger partial charge in [-0.25, -0.2) is 4.79 Å². The highest BCUT2D eigenvalue weighted by molar-refractivity contribution is 6.25. The summed E-state index contributed by atoms with van der Waals surface area (Å²) in [6, 6.07) is 9.74. The number of esters is 1. The standard InChI is InChI=1S/C19H16N2O3/c1-24-19(23)13-9-11-5-4-8-20-10-15(22)21-14-7-3-2-6-12(14)16(13)18(21)17(11)20/h2-3,6-7,9H,4-5,8,10H2,1H3. The Balaban J connectivity index is 2.07. The van der Waals surface area contributed by atoms with Crippen LogP contribution in [-0.2, 0) is 11.2 Å². The number of hydrogen-bond acceptors (Lipinski definition) is 4. The maximum absolute atomic E-state index is 12.8. The number of carbonyl (C=O) groups excluding carboxylic acids is 2. The molecule has 3 heterocycles. The van der Waals surface area contributed by atoms with Gasteiger partial charge in [0.25, 0.3) is 5.91 Å². The van der Waals surface area contributed by atoms with E-state index in [2.05, 4.69) is 4.90 Å². The van der Waals surface area contributed by atoms with Crippen molar-refractivity contribution in [1.82, 2.24) is 4.57 Å². The second-order valence-corrected chi connectivity index (χ2v) is 6.42. The van der Waals surface area contributed by atoms with Gasteiger partial charge in [0, 0.05) is 17.3 Å². The quantitative estimate of drug-likeness (QED) is 0.647. The van der Waals surface area contributed by atoms with Gasteiger partial charge in [-0.15, -0.1) is 0 Å². The van der Waals surface area contributed by atoms with Gasteiger partial charge < -0.3 is 9.64 Å². The summed E-state index contributed by atoms with van der Waals surface area (Å²) in [7, 11) is 1.40. The van der Waals surface area contributed by atoms with Gasteiger partial charge in [-0.05, 0) is 30.5 Å². The molecule has 0 spiro atoms. The molecule has 5 heteroatoms. The van der Waals surface area contributed by atoms with Crippen LogP contribution in [0, 0.1) is 0 Å². The minimum absolute atomic E-state index is 0.0589. The van der Waals surface area contributed by atoms with Gasteiger partial charge in [0.05, 0.1) is 35.9 Å². The van der Waals surface area contributed by atoms with Crippen LogP contribution in [0.15, 0.2) is 30.3 Å². The van der Waals surface area contributed by atoms with Crippen molar-refractivity contribution in [3.8, 4) is 0 Å².